The lowest BCUT2D eigenvalue weighted by atomic mass is 10.2. The van der Waals surface area contributed by atoms with Crippen molar-refractivity contribution in [3.05, 3.63) is 82.5 Å². The van der Waals surface area contributed by atoms with Crippen LogP contribution in [0.25, 0.3) is 6.08 Å². The van der Waals surface area contributed by atoms with Gasteiger partial charge in [-0.2, -0.15) is 0 Å². The second-order valence-corrected chi connectivity index (χ2v) is 9.76. The molecule has 3 aromatic rings. The van der Waals surface area contributed by atoms with E-state index in [0.717, 1.165) is 24.9 Å². The van der Waals surface area contributed by atoms with E-state index < -0.39 is 10.0 Å². The first kappa shape index (κ1) is 20.6. The van der Waals surface area contributed by atoms with Gasteiger partial charge in [0, 0.05) is 17.5 Å². The van der Waals surface area contributed by atoms with Crippen LogP contribution in [-0.4, -0.2) is 25.8 Å². The second-order valence-electron chi connectivity index (χ2n) is 7.01. The number of likely N-dealkylation sites (tertiary alicyclic amines) is 1. The Morgan fingerprint density at radius 3 is 2.73 bits per heavy atom. The van der Waals surface area contributed by atoms with Crippen molar-refractivity contribution >= 4 is 33.3 Å². The first-order valence-electron chi connectivity index (χ1n) is 9.67. The lowest BCUT2D eigenvalue weighted by molar-refractivity contribution is -0.126. The molecule has 2 aromatic heterocycles. The summed E-state index contributed by atoms with van der Waals surface area (Å²) in [5.41, 5.74) is 0.764. The Bertz CT molecular complexity index is 1100. The summed E-state index contributed by atoms with van der Waals surface area (Å²) >= 11 is 1.68. The van der Waals surface area contributed by atoms with Crippen molar-refractivity contribution in [2.24, 2.45) is 0 Å². The van der Waals surface area contributed by atoms with Gasteiger partial charge in [-0.05, 0) is 60.2 Å². The molecule has 1 N–H and O–H groups in total. The van der Waals surface area contributed by atoms with Gasteiger partial charge in [0.15, 0.2) is 0 Å². The van der Waals surface area contributed by atoms with E-state index in [4.69, 9.17) is 4.42 Å². The number of furan rings is 1. The Labute approximate surface area is 179 Å². The van der Waals surface area contributed by atoms with Gasteiger partial charge >= 0.3 is 0 Å². The lowest BCUT2D eigenvalue weighted by Gasteiger charge is -2.22. The third-order valence-electron chi connectivity index (χ3n) is 5.03. The Morgan fingerprint density at radius 2 is 2.03 bits per heavy atom. The lowest BCUT2D eigenvalue weighted by Crippen LogP contribution is -2.28. The third kappa shape index (κ3) is 4.72. The highest BCUT2D eigenvalue weighted by Gasteiger charge is 2.29. The first-order valence-corrected chi connectivity index (χ1v) is 12.0. The molecule has 1 fully saturated rings. The molecule has 0 spiro atoms. The molecule has 0 bridgehead atoms. The molecule has 1 aliphatic rings. The van der Waals surface area contributed by atoms with Gasteiger partial charge in [0.1, 0.15) is 5.76 Å². The van der Waals surface area contributed by atoms with Crippen LogP contribution in [0, 0.1) is 0 Å². The molecule has 156 valence electrons. The van der Waals surface area contributed by atoms with Crippen LogP contribution in [0.1, 0.15) is 35.1 Å². The Kier molecular flexibility index (Phi) is 6.17. The third-order valence-corrected chi connectivity index (χ3v) is 7.42. The van der Waals surface area contributed by atoms with Crippen molar-refractivity contribution in [3.63, 3.8) is 0 Å². The zero-order valence-electron chi connectivity index (χ0n) is 16.2. The molecule has 4 rings (SSSR count). The normalized spacial score (nSPS) is 17.1. The molecule has 1 unspecified atom stereocenters. The van der Waals surface area contributed by atoms with Crippen molar-refractivity contribution in [1.82, 2.24) is 9.62 Å². The monoisotopic (exact) mass is 442 g/mol. The molecule has 3 heterocycles. The van der Waals surface area contributed by atoms with Crippen molar-refractivity contribution in [3.8, 4) is 0 Å². The van der Waals surface area contributed by atoms with Crippen molar-refractivity contribution in [2.45, 2.75) is 30.3 Å². The van der Waals surface area contributed by atoms with E-state index in [1.807, 2.05) is 16.3 Å². The van der Waals surface area contributed by atoms with Crippen molar-refractivity contribution in [2.75, 3.05) is 6.54 Å². The van der Waals surface area contributed by atoms with Gasteiger partial charge in [-0.25, -0.2) is 13.1 Å². The molecular formula is C22H22N2O4S2. The number of nitrogens with one attached hydrogen (secondary N) is 1. The summed E-state index contributed by atoms with van der Waals surface area (Å²) in [6.07, 6.45) is 6.76. The van der Waals surface area contributed by atoms with E-state index >= 15 is 0 Å². The van der Waals surface area contributed by atoms with Gasteiger partial charge in [-0.1, -0.05) is 18.2 Å². The largest absolute Gasteiger partial charge is 0.468 e. The van der Waals surface area contributed by atoms with Gasteiger partial charge in [0.2, 0.25) is 15.9 Å². The number of thiophene rings is 1. The van der Waals surface area contributed by atoms with Crippen molar-refractivity contribution < 1.29 is 17.6 Å². The Morgan fingerprint density at radius 1 is 1.20 bits per heavy atom. The van der Waals surface area contributed by atoms with Crippen LogP contribution in [0.5, 0.6) is 0 Å². The fourth-order valence-electron chi connectivity index (χ4n) is 3.49. The predicted octanol–water partition coefficient (Wildman–Crippen LogP) is 4.20. The highest BCUT2D eigenvalue weighted by atomic mass is 32.2. The predicted molar refractivity (Wildman–Crippen MR) is 116 cm³/mol. The number of amides is 1. The summed E-state index contributed by atoms with van der Waals surface area (Å²) in [5, 5.41) is 2.03. The Hall–Kier alpha value is -2.68. The zero-order chi connectivity index (χ0) is 21.0. The van der Waals surface area contributed by atoms with Crippen LogP contribution >= 0.6 is 11.3 Å². The number of carbonyl (C=O) groups excluding carboxylic acids is 1. The molecule has 0 saturated carbocycles. The Balaban J connectivity index is 1.39. The highest BCUT2D eigenvalue weighted by Crippen LogP contribution is 2.34. The summed E-state index contributed by atoms with van der Waals surface area (Å²) < 4.78 is 32.4. The van der Waals surface area contributed by atoms with E-state index in [0.29, 0.717) is 5.76 Å². The molecule has 1 aliphatic heterocycles. The van der Waals surface area contributed by atoms with Crippen LogP contribution in [0.15, 0.2) is 75.6 Å². The van der Waals surface area contributed by atoms with Gasteiger partial charge in [0.25, 0.3) is 0 Å². The maximum absolute atomic E-state index is 12.7. The maximum Gasteiger partial charge on any atom is 0.247 e. The average molecular weight is 443 g/mol. The second kappa shape index (κ2) is 8.99. The highest BCUT2D eigenvalue weighted by molar-refractivity contribution is 7.89. The van der Waals surface area contributed by atoms with Crippen LogP contribution in [0.2, 0.25) is 0 Å². The van der Waals surface area contributed by atoms with E-state index in [2.05, 4.69) is 10.8 Å². The molecular weight excluding hydrogens is 420 g/mol. The van der Waals surface area contributed by atoms with Gasteiger partial charge in [-0.15, -0.1) is 11.3 Å². The average Bonchev–Trinajstić information content (AvgIpc) is 3.52. The van der Waals surface area contributed by atoms with Crippen molar-refractivity contribution in [1.29, 1.82) is 0 Å². The maximum atomic E-state index is 12.7. The van der Waals surface area contributed by atoms with E-state index in [1.54, 1.807) is 47.8 Å². The molecule has 8 heteroatoms. The molecule has 30 heavy (non-hydrogen) atoms. The minimum atomic E-state index is -3.64. The fraction of sp³-hybridized carbons (Fsp3) is 0.227. The molecule has 1 aromatic carbocycles. The zero-order valence-corrected chi connectivity index (χ0v) is 17.9. The molecule has 1 saturated heterocycles. The van der Waals surface area contributed by atoms with E-state index in [-0.39, 0.29) is 23.4 Å². The van der Waals surface area contributed by atoms with Gasteiger partial charge in [-0.3, -0.25) is 4.79 Å². The molecule has 0 aliphatic carbocycles. The van der Waals surface area contributed by atoms with Crippen LogP contribution in [-0.2, 0) is 21.4 Å². The van der Waals surface area contributed by atoms with Gasteiger partial charge < -0.3 is 9.32 Å². The molecule has 6 nitrogen and oxygen atoms in total. The van der Waals surface area contributed by atoms with E-state index in [9.17, 15) is 13.2 Å². The standard InChI is InChI=1S/C22H22N2O4S2/c25-22(24-13-1-5-20(24)21-6-3-15-29-21)12-9-17-7-10-19(11-8-17)30(26,27)23-16-18-4-2-14-28-18/h2-4,6-12,14-15,20,23H,1,5,13,16H2/b12-9+. The van der Waals surface area contributed by atoms with Gasteiger partial charge in [0.05, 0.1) is 23.7 Å². The number of sulfonamides is 1. The minimum Gasteiger partial charge on any atom is -0.468 e. The van der Waals surface area contributed by atoms with Crippen LogP contribution in [0.3, 0.4) is 0 Å². The molecule has 1 atom stereocenters. The molecule has 1 amide bonds. The SMILES string of the molecule is O=C(/C=C/c1ccc(S(=O)(=O)NCc2ccco2)cc1)N1CCCC1c1cccs1. The number of carbonyl (C=O) groups is 1. The number of nitrogens with zero attached hydrogens (tertiary/aromatic N) is 1. The van der Waals surface area contributed by atoms with E-state index in [1.165, 1.54) is 23.3 Å². The number of hydrogen-bond donors (Lipinski definition) is 1. The summed E-state index contributed by atoms with van der Waals surface area (Å²) in [7, 11) is -3.64. The quantitative estimate of drug-likeness (QED) is 0.556. The summed E-state index contributed by atoms with van der Waals surface area (Å²) in [4.78, 5) is 16.0. The molecule has 0 radical (unpaired) electrons. The summed E-state index contributed by atoms with van der Waals surface area (Å²) in [6.45, 7) is 0.844. The van der Waals surface area contributed by atoms with Crippen LogP contribution in [0.4, 0.5) is 0 Å². The number of hydrogen-bond acceptors (Lipinski definition) is 5. The van der Waals surface area contributed by atoms with Crippen LogP contribution < -0.4 is 4.72 Å². The first-order chi connectivity index (χ1) is 14.5. The topological polar surface area (TPSA) is 79.6 Å². The fourth-order valence-corrected chi connectivity index (χ4v) is 5.36. The summed E-state index contributed by atoms with van der Waals surface area (Å²) in [5.74, 6) is 0.516. The smallest absolute Gasteiger partial charge is 0.247 e. The number of benzene rings is 1. The summed E-state index contributed by atoms with van der Waals surface area (Å²) in [6, 6.07) is 14.1. The minimum absolute atomic E-state index is 0.0253. The number of rotatable bonds is 7.